The van der Waals surface area contributed by atoms with Crippen molar-refractivity contribution in [2.75, 3.05) is 32.8 Å². The summed E-state index contributed by atoms with van der Waals surface area (Å²) in [5.74, 6) is 0. The highest BCUT2D eigenvalue weighted by Gasteiger charge is 2.20. The Hall–Kier alpha value is -1.17. The number of ether oxygens (including phenoxy) is 1. The van der Waals surface area contributed by atoms with Crippen molar-refractivity contribution in [3.8, 4) is 0 Å². The lowest BCUT2D eigenvalue weighted by Gasteiger charge is -2.29. The van der Waals surface area contributed by atoms with Crippen molar-refractivity contribution in [3.05, 3.63) is 33.7 Å². The smallest absolute Gasteiger partial charge is 0.250 e. The molecule has 0 radical (unpaired) electrons. The van der Waals surface area contributed by atoms with E-state index in [2.05, 4.69) is 4.90 Å². The number of rotatable bonds is 3. The molecule has 1 aromatic rings. The molecule has 0 amide bonds. The van der Waals surface area contributed by atoms with E-state index in [1.54, 1.807) is 6.07 Å². The minimum Gasteiger partial charge on any atom is -0.379 e. The summed E-state index contributed by atoms with van der Waals surface area (Å²) in [5.41, 5.74) is 8.59. The fraction of sp³-hybridized carbons (Fsp3) is 0.667. The number of morpholine rings is 1. The van der Waals surface area contributed by atoms with Crippen LogP contribution in [0, 0.1) is 0 Å². The van der Waals surface area contributed by atoms with Crippen LogP contribution in [0.1, 0.15) is 30.1 Å². The Kier molecular flexibility index (Phi) is 4.19. The van der Waals surface area contributed by atoms with Crippen molar-refractivity contribution in [3.63, 3.8) is 0 Å². The Bertz CT molecular complexity index is 520. The molecule has 1 aliphatic carbocycles. The highest BCUT2D eigenvalue weighted by atomic mass is 16.5. The predicted octanol–water partition coefficient (Wildman–Crippen LogP) is 0.517. The van der Waals surface area contributed by atoms with Crippen molar-refractivity contribution < 1.29 is 4.74 Å². The van der Waals surface area contributed by atoms with Crippen LogP contribution in [0.15, 0.2) is 16.9 Å². The summed E-state index contributed by atoms with van der Waals surface area (Å²) in [6.07, 6.45) is 3.08. The second-order valence-corrected chi connectivity index (χ2v) is 5.68. The van der Waals surface area contributed by atoms with E-state index in [1.165, 1.54) is 0 Å². The Morgan fingerprint density at radius 1 is 1.25 bits per heavy atom. The Morgan fingerprint density at radius 2 is 2.05 bits per heavy atom. The molecular weight excluding hydrogens is 254 g/mol. The third-order valence-electron chi connectivity index (χ3n) is 4.40. The third kappa shape index (κ3) is 2.80. The molecular formula is C15H23N3O2. The molecule has 1 aromatic heterocycles. The van der Waals surface area contributed by atoms with Gasteiger partial charge in [-0.2, -0.15) is 0 Å². The van der Waals surface area contributed by atoms with Crippen molar-refractivity contribution in [2.24, 2.45) is 5.73 Å². The normalized spacial score (nSPS) is 23.6. The van der Waals surface area contributed by atoms with Crippen LogP contribution in [0.3, 0.4) is 0 Å². The van der Waals surface area contributed by atoms with Gasteiger partial charge in [0.1, 0.15) is 0 Å². The van der Waals surface area contributed by atoms with E-state index in [9.17, 15) is 4.79 Å². The van der Waals surface area contributed by atoms with Gasteiger partial charge in [-0.05, 0) is 24.8 Å². The number of pyridine rings is 1. The molecule has 0 spiro atoms. The van der Waals surface area contributed by atoms with Crippen LogP contribution >= 0.6 is 0 Å². The number of hydrogen-bond donors (Lipinski definition) is 1. The standard InChI is InChI=1S/C15H23N3O2/c16-13-2-1-3-14-12(13)4-5-15(19)18(14)7-6-17-8-10-20-11-9-17/h4-5,13H,1-3,6-11,16H2. The van der Waals surface area contributed by atoms with Gasteiger partial charge in [0, 0.05) is 44.0 Å². The van der Waals surface area contributed by atoms with Gasteiger partial charge in [-0.1, -0.05) is 6.07 Å². The second kappa shape index (κ2) is 6.08. The lowest BCUT2D eigenvalue weighted by molar-refractivity contribution is 0.0361. The molecule has 1 fully saturated rings. The minimum atomic E-state index is 0.0917. The first-order valence-electron chi connectivity index (χ1n) is 7.54. The Labute approximate surface area is 119 Å². The first-order valence-corrected chi connectivity index (χ1v) is 7.54. The molecule has 1 saturated heterocycles. The van der Waals surface area contributed by atoms with Crippen molar-refractivity contribution >= 4 is 0 Å². The summed E-state index contributed by atoms with van der Waals surface area (Å²) >= 11 is 0. The minimum absolute atomic E-state index is 0.0917. The maximum atomic E-state index is 12.1. The number of aromatic nitrogens is 1. The molecule has 1 aliphatic heterocycles. The largest absolute Gasteiger partial charge is 0.379 e. The van der Waals surface area contributed by atoms with E-state index < -0.39 is 0 Å². The lowest BCUT2D eigenvalue weighted by Crippen LogP contribution is -2.40. The quantitative estimate of drug-likeness (QED) is 0.875. The zero-order valence-corrected chi connectivity index (χ0v) is 11.9. The van der Waals surface area contributed by atoms with Crippen LogP contribution in [0.2, 0.25) is 0 Å². The van der Waals surface area contributed by atoms with Crippen LogP contribution in [0.25, 0.3) is 0 Å². The van der Waals surface area contributed by atoms with Gasteiger partial charge in [-0.3, -0.25) is 9.69 Å². The summed E-state index contributed by atoms with van der Waals surface area (Å²) in [6.45, 7) is 5.19. The van der Waals surface area contributed by atoms with E-state index in [-0.39, 0.29) is 11.6 Å². The van der Waals surface area contributed by atoms with Crippen molar-refractivity contribution in [1.29, 1.82) is 0 Å². The molecule has 2 heterocycles. The van der Waals surface area contributed by atoms with E-state index in [0.29, 0.717) is 0 Å². The first kappa shape index (κ1) is 13.8. The molecule has 0 aromatic carbocycles. The van der Waals surface area contributed by atoms with Crippen LogP contribution in [-0.2, 0) is 17.7 Å². The number of hydrogen-bond acceptors (Lipinski definition) is 4. The molecule has 0 bridgehead atoms. The van der Waals surface area contributed by atoms with Gasteiger partial charge in [-0.25, -0.2) is 0 Å². The molecule has 5 nitrogen and oxygen atoms in total. The van der Waals surface area contributed by atoms with Gasteiger partial charge in [0.15, 0.2) is 0 Å². The summed E-state index contributed by atoms with van der Waals surface area (Å²) in [7, 11) is 0. The van der Waals surface area contributed by atoms with Crippen LogP contribution < -0.4 is 11.3 Å². The number of nitrogens with zero attached hydrogens (tertiary/aromatic N) is 2. The van der Waals surface area contributed by atoms with Gasteiger partial charge >= 0.3 is 0 Å². The summed E-state index contributed by atoms with van der Waals surface area (Å²) < 4.78 is 7.29. The monoisotopic (exact) mass is 277 g/mol. The van der Waals surface area contributed by atoms with E-state index in [0.717, 1.165) is 69.9 Å². The summed E-state index contributed by atoms with van der Waals surface area (Å²) in [4.78, 5) is 14.5. The van der Waals surface area contributed by atoms with Gasteiger partial charge in [0.05, 0.1) is 13.2 Å². The molecule has 1 unspecified atom stereocenters. The third-order valence-corrected chi connectivity index (χ3v) is 4.40. The summed E-state index contributed by atoms with van der Waals surface area (Å²) in [5, 5.41) is 0. The average Bonchev–Trinajstić information content (AvgIpc) is 2.47. The predicted molar refractivity (Wildman–Crippen MR) is 77.8 cm³/mol. The molecule has 0 saturated carbocycles. The molecule has 1 atom stereocenters. The summed E-state index contributed by atoms with van der Waals surface area (Å²) in [6, 6.07) is 3.68. The molecule has 2 N–H and O–H groups in total. The van der Waals surface area contributed by atoms with Crippen LogP contribution in [0.5, 0.6) is 0 Å². The van der Waals surface area contributed by atoms with E-state index in [1.807, 2.05) is 10.6 Å². The zero-order valence-electron chi connectivity index (χ0n) is 11.9. The molecule has 5 heteroatoms. The maximum absolute atomic E-state index is 12.1. The second-order valence-electron chi connectivity index (χ2n) is 5.68. The number of fused-ring (bicyclic) bond motifs is 1. The van der Waals surface area contributed by atoms with Crippen LogP contribution in [-0.4, -0.2) is 42.3 Å². The molecule has 110 valence electrons. The fourth-order valence-corrected chi connectivity index (χ4v) is 3.21. The lowest BCUT2D eigenvalue weighted by atomic mass is 9.91. The number of nitrogens with two attached hydrogens (primary N) is 1. The molecule has 3 rings (SSSR count). The van der Waals surface area contributed by atoms with Crippen molar-refractivity contribution in [2.45, 2.75) is 31.8 Å². The van der Waals surface area contributed by atoms with Crippen molar-refractivity contribution in [1.82, 2.24) is 9.47 Å². The van der Waals surface area contributed by atoms with Gasteiger partial charge in [0.25, 0.3) is 5.56 Å². The van der Waals surface area contributed by atoms with Gasteiger partial charge < -0.3 is 15.0 Å². The SMILES string of the molecule is NC1CCCc2c1ccc(=O)n2CCN1CCOCC1. The maximum Gasteiger partial charge on any atom is 0.250 e. The molecule has 20 heavy (non-hydrogen) atoms. The van der Waals surface area contributed by atoms with Gasteiger partial charge in [-0.15, -0.1) is 0 Å². The average molecular weight is 277 g/mol. The van der Waals surface area contributed by atoms with Crippen LogP contribution in [0.4, 0.5) is 0 Å². The van der Waals surface area contributed by atoms with E-state index in [4.69, 9.17) is 10.5 Å². The zero-order chi connectivity index (χ0) is 13.9. The highest BCUT2D eigenvalue weighted by molar-refractivity contribution is 5.27. The topological polar surface area (TPSA) is 60.5 Å². The van der Waals surface area contributed by atoms with Gasteiger partial charge in [0.2, 0.25) is 0 Å². The fourth-order valence-electron chi connectivity index (χ4n) is 3.21. The van der Waals surface area contributed by atoms with E-state index >= 15 is 0 Å². The Balaban J connectivity index is 1.78. The Morgan fingerprint density at radius 3 is 2.85 bits per heavy atom. The molecule has 2 aliphatic rings. The first-order chi connectivity index (χ1) is 9.75. The highest BCUT2D eigenvalue weighted by Crippen LogP contribution is 2.26.